The van der Waals surface area contributed by atoms with Crippen LogP contribution in [0.15, 0.2) is 27.1 Å². The Bertz CT molecular complexity index is 572. The van der Waals surface area contributed by atoms with Crippen LogP contribution in [-0.4, -0.2) is 23.4 Å². The molecule has 2 rings (SSSR count). The van der Waals surface area contributed by atoms with Crippen molar-refractivity contribution in [2.24, 2.45) is 0 Å². The van der Waals surface area contributed by atoms with Gasteiger partial charge in [-0.1, -0.05) is 22.9 Å². The second kappa shape index (κ2) is 5.48. The van der Waals surface area contributed by atoms with Gasteiger partial charge in [-0.15, -0.1) is 0 Å². The van der Waals surface area contributed by atoms with Gasteiger partial charge < -0.3 is 5.32 Å². The molecule has 1 heterocycles. The van der Waals surface area contributed by atoms with Crippen molar-refractivity contribution in [1.29, 1.82) is 0 Å². The fourth-order valence-electron chi connectivity index (χ4n) is 2.33. The first-order chi connectivity index (χ1) is 9.27. The number of halogens is 2. The molecule has 1 fully saturated rings. The molecule has 4 nitrogen and oxygen atoms in total. The Morgan fingerprint density at radius 1 is 1.30 bits per heavy atom. The second-order valence-electron chi connectivity index (χ2n) is 5.31. The van der Waals surface area contributed by atoms with Crippen LogP contribution in [-0.2, 0) is 9.59 Å². The lowest BCUT2D eigenvalue weighted by Crippen LogP contribution is -2.68. The summed E-state index contributed by atoms with van der Waals surface area (Å²) in [7, 11) is 0. The third-order valence-corrected chi connectivity index (χ3v) is 4.49. The average molecular weight is 404 g/mol. The zero-order valence-electron chi connectivity index (χ0n) is 11.5. The van der Waals surface area contributed by atoms with E-state index in [1.165, 1.54) is 0 Å². The quantitative estimate of drug-likeness (QED) is 0.823. The summed E-state index contributed by atoms with van der Waals surface area (Å²) in [6.45, 7) is 5.34. The van der Waals surface area contributed by atoms with Gasteiger partial charge in [0, 0.05) is 8.95 Å². The van der Waals surface area contributed by atoms with E-state index >= 15 is 0 Å². The van der Waals surface area contributed by atoms with Gasteiger partial charge in [0.25, 0.3) is 5.91 Å². The van der Waals surface area contributed by atoms with Gasteiger partial charge in [0.1, 0.15) is 11.6 Å². The summed E-state index contributed by atoms with van der Waals surface area (Å²) in [5, 5.41) is 2.78. The van der Waals surface area contributed by atoms with Gasteiger partial charge >= 0.3 is 0 Å². The Morgan fingerprint density at radius 2 is 1.95 bits per heavy atom. The Kier molecular flexibility index (Phi) is 4.25. The number of hydrogen-bond donors (Lipinski definition) is 1. The maximum Gasteiger partial charge on any atom is 0.252 e. The number of nitrogens with zero attached hydrogens (tertiary/aromatic N) is 1. The number of nitrogens with one attached hydrogen (secondary N) is 1. The van der Waals surface area contributed by atoms with E-state index in [4.69, 9.17) is 0 Å². The fraction of sp³-hybridized carbons (Fsp3) is 0.429. The normalized spacial score (nSPS) is 21.9. The molecule has 0 aliphatic carbocycles. The maximum atomic E-state index is 12.7. The molecule has 20 heavy (non-hydrogen) atoms. The highest BCUT2D eigenvalue weighted by Crippen LogP contribution is 2.34. The van der Waals surface area contributed by atoms with Gasteiger partial charge in [0.2, 0.25) is 5.91 Å². The average Bonchev–Trinajstić information content (AvgIpc) is 2.34. The summed E-state index contributed by atoms with van der Waals surface area (Å²) >= 11 is 6.86. The molecule has 0 bridgehead atoms. The highest BCUT2D eigenvalue weighted by molar-refractivity contribution is 9.11. The van der Waals surface area contributed by atoms with Crippen molar-refractivity contribution in [2.75, 3.05) is 4.90 Å². The Hall–Kier alpha value is -0.880. The molecular weight excluding hydrogens is 388 g/mol. The lowest BCUT2D eigenvalue weighted by Gasteiger charge is -2.42. The smallest absolute Gasteiger partial charge is 0.252 e. The van der Waals surface area contributed by atoms with Crippen molar-refractivity contribution in [1.82, 2.24) is 5.32 Å². The third-order valence-electron chi connectivity index (χ3n) is 3.36. The minimum atomic E-state index is -0.894. The molecule has 1 aromatic rings. The largest absolute Gasteiger partial charge is 0.340 e. The maximum absolute atomic E-state index is 12.7. The van der Waals surface area contributed by atoms with Gasteiger partial charge in [-0.25, -0.2) is 0 Å². The molecule has 2 amide bonds. The summed E-state index contributed by atoms with van der Waals surface area (Å²) in [6.07, 6.45) is 0.566. The number of carbonyl (C=O) groups excluding carboxylic acids is 2. The van der Waals surface area contributed by atoms with Crippen LogP contribution in [0.3, 0.4) is 0 Å². The van der Waals surface area contributed by atoms with E-state index in [1.54, 1.807) is 18.7 Å². The first-order valence-electron chi connectivity index (χ1n) is 6.38. The van der Waals surface area contributed by atoms with Crippen molar-refractivity contribution in [3.8, 4) is 0 Å². The van der Waals surface area contributed by atoms with Gasteiger partial charge in [-0.05, 0) is 54.4 Å². The molecule has 1 N–H and O–H groups in total. The van der Waals surface area contributed by atoms with E-state index in [2.05, 4.69) is 37.2 Å². The SMILES string of the molecule is CCC1C(=O)NC(C)(C)C(=O)N1c1ccc(Br)cc1Br. The van der Waals surface area contributed by atoms with E-state index in [0.29, 0.717) is 12.1 Å². The van der Waals surface area contributed by atoms with Crippen LogP contribution >= 0.6 is 31.9 Å². The molecule has 108 valence electrons. The van der Waals surface area contributed by atoms with Crippen LogP contribution in [0.1, 0.15) is 27.2 Å². The minimum Gasteiger partial charge on any atom is -0.340 e. The highest BCUT2D eigenvalue weighted by Gasteiger charge is 2.45. The predicted octanol–water partition coefficient (Wildman–Crippen LogP) is 3.23. The molecule has 1 unspecified atom stereocenters. The molecule has 6 heteroatoms. The topological polar surface area (TPSA) is 49.4 Å². The van der Waals surface area contributed by atoms with Gasteiger partial charge in [0.05, 0.1) is 5.69 Å². The van der Waals surface area contributed by atoms with Crippen molar-refractivity contribution in [3.05, 3.63) is 27.1 Å². The first kappa shape index (κ1) is 15.5. The van der Waals surface area contributed by atoms with Crippen LogP contribution in [0.25, 0.3) is 0 Å². The number of benzene rings is 1. The number of anilines is 1. The predicted molar refractivity (Wildman–Crippen MR) is 85.6 cm³/mol. The number of piperazine rings is 1. The highest BCUT2D eigenvalue weighted by atomic mass is 79.9. The van der Waals surface area contributed by atoms with E-state index < -0.39 is 11.6 Å². The number of hydrogen-bond acceptors (Lipinski definition) is 2. The van der Waals surface area contributed by atoms with Crippen molar-refractivity contribution >= 4 is 49.4 Å². The van der Waals surface area contributed by atoms with Crippen molar-refractivity contribution in [2.45, 2.75) is 38.8 Å². The van der Waals surface area contributed by atoms with E-state index in [1.807, 2.05) is 25.1 Å². The van der Waals surface area contributed by atoms with Crippen LogP contribution in [0.5, 0.6) is 0 Å². The Balaban J connectivity index is 2.54. The number of carbonyl (C=O) groups is 2. The van der Waals surface area contributed by atoms with E-state index in [9.17, 15) is 9.59 Å². The van der Waals surface area contributed by atoms with Crippen LogP contribution in [0, 0.1) is 0 Å². The van der Waals surface area contributed by atoms with Crippen molar-refractivity contribution in [3.63, 3.8) is 0 Å². The minimum absolute atomic E-state index is 0.105. The molecule has 1 saturated heterocycles. The molecular formula is C14H16Br2N2O2. The standard InChI is InChI=1S/C14H16Br2N2O2/c1-4-10-12(19)17-14(2,3)13(20)18(10)11-6-5-8(15)7-9(11)16/h5-7,10H,4H2,1-3H3,(H,17,19). The molecule has 0 spiro atoms. The molecule has 1 atom stereocenters. The van der Waals surface area contributed by atoms with Gasteiger partial charge in [-0.2, -0.15) is 0 Å². The zero-order chi connectivity index (χ0) is 15.1. The lowest BCUT2D eigenvalue weighted by atomic mass is 9.95. The van der Waals surface area contributed by atoms with E-state index in [-0.39, 0.29) is 11.8 Å². The molecule has 0 saturated carbocycles. The second-order valence-corrected chi connectivity index (χ2v) is 7.08. The molecule has 1 aliphatic heterocycles. The monoisotopic (exact) mass is 402 g/mol. The first-order valence-corrected chi connectivity index (χ1v) is 7.97. The lowest BCUT2D eigenvalue weighted by molar-refractivity contribution is -0.137. The summed E-state index contributed by atoms with van der Waals surface area (Å²) in [6, 6.07) is 5.09. The fourth-order valence-corrected chi connectivity index (χ4v) is 3.56. The summed E-state index contributed by atoms with van der Waals surface area (Å²) in [5.74, 6) is -0.223. The van der Waals surface area contributed by atoms with Crippen molar-refractivity contribution < 1.29 is 9.59 Å². The summed E-state index contributed by atoms with van der Waals surface area (Å²) < 4.78 is 1.69. The molecule has 0 radical (unpaired) electrons. The van der Waals surface area contributed by atoms with Crippen LogP contribution in [0.2, 0.25) is 0 Å². The number of amides is 2. The molecule has 0 aromatic heterocycles. The Morgan fingerprint density at radius 3 is 2.50 bits per heavy atom. The van der Waals surface area contributed by atoms with Crippen LogP contribution in [0.4, 0.5) is 5.69 Å². The zero-order valence-corrected chi connectivity index (χ0v) is 14.7. The van der Waals surface area contributed by atoms with Gasteiger partial charge in [-0.3, -0.25) is 14.5 Å². The summed E-state index contributed by atoms with van der Waals surface area (Å²) in [5.41, 5.74) is -0.178. The van der Waals surface area contributed by atoms with E-state index in [0.717, 1.165) is 8.95 Å². The summed E-state index contributed by atoms with van der Waals surface area (Å²) in [4.78, 5) is 26.5. The van der Waals surface area contributed by atoms with Crippen LogP contribution < -0.4 is 10.2 Å². The molecule has 1 aliphatic rings. The Labute approximate surface area is 135 Å². The van der Waals surface area contributed by atoms with Gasteiger partial charge in [0.15, 0.2) is 0 Å². The third kappa shape index (κ3) is 2.63. The molecule has 1 aromatic carbocycles. The number of rotatable bonds is 2.